The molecule has 2 nitrogen and oxygen atoms in total. The molecule has 48 heavy (non-hydrogen) atoms. The van der Waals surface area contributed by atoms with Crippen LogP contribution in [0, 0.1) is 0 Å². The first-order chi connectivity index (χ1) is 23.8. The maximum absolute atomic E-state index is 2.45. The van der Waals surface area contributed by atoms with E-state index in [-0.39, 0.29) is 0 Å². The normalized spacial score (nSPS) is 11.8. The Kier molecular flexibility index (Phi) is 5.91. The first-order valence-electron chi connectivity index (χ1n) is 16.5. The molecule has 224 valence electrons. The fourth-order valence-electron chi connectivity index (χ4n) is 7.63. The van der Waals surface area contributed by atoms with Gasteiger partial charge in [0.25, 0.3) is 0 Å². The van der Waals surface area contributed by atoms with Gasteiger partial charge in [-0.05, 0) is 92.3 Å². The SMILES string of the molecule is c1ccc(-c2ccc(-n3ccc4c3ccc3c5ccccc5n(-c5cccc(-c6ccc7c(ccc8ccccc87)c6)c5)c34)cc2)cc1. The molecule has 0 atom stereocenters. The number of hydrogen-bond donors (Lipinski definition) is 0. The van der Waals surface area contributed by atoms with Gasteiger partial charge in [-0.2, -0.15) is 0 Å². The fourth-order valence-corrected chi connectivity index (χ4v) is 7.63. The molecule has 0 spiro atoms. The van der Waals surface area contributed by atoms with E-state index < -0.39 is 0 Å². The van der Waals surface area contributed by atoms with Crippen LogP contribution in [0.1, 0.15) is 0 Å². The second kappa shape index (κ2) is 10.6. The molecule has 2 aromatic heterocycles. The predicted octanol–water partition coefficient (Wildman–Crippen LogP) is 12.4. The van der Waals surface area contributed by atoms with Crippen LogP contribution in [0.25, 0.3) is 87.9 Å². The van der Waals surface area contributed by atoms with Crippen LogP contribution in [0.4, 0.5) is 0 Å². The standard InChI is InChI=1S/C46H30N2/c1-2-9-31(10-3-1)32-19-22-37(23-20-32)47-28-27-43-44(47)26-25-42-41-15-6-7-16-45(41)48(46(42)43)38-13-8-12-34(30-38)35-21-24-40-36(29-35)18-17-33-11-4-5-14-39(33)40/h1-30H. The maximum Gasteiger partial charge on any atom is 0.0635 e. The Morgan fingerprint density at radius 3 is 1.88 bits per heavy atom. The van der Waals surface area contributed by atoms with Gasteiger partial charge in [0.2, 0.25) is 0 Å². The van der Waals surface area contributed by atoms with Gasteiger partial charge in [0.05, 0.1) is 16.6 Å². The molecule has 2 heterocycles. The van der Waals surface area contributed by atoms with E-state index in [9.17, 15) is 0 Å². The molecule has 8 aromatic carbocycles. The predicted molar refractivity (Wildman–Crippen MR) is 203 cm³/mol. The van der Waals surface area contributed by atoms with E-state index in [0.717, 1.165) is 11.4 Å². The highest BCUT2D eigenvalue weighted by Crippen LogP contribution is 2.39. The summed E-state index contributed by atoms with van der Waals surface area (Å²) in [6.45, 7) is 0. The second-order valence-corrected chi connectivity index (χ2v) is 12.6. The van der Waals surface area contributed by atoms with E-state index in [1.807, 2.05) is 0 Å². The monoisotopic (exact) mass is 610 g/mol. The molecule has 0 aliphatic rings. The van der Waals surface area contributed by atoms with E-state index in [1.54, 1.807) is 0 Å². The molecular formula is C46H30N2. The Morgan fingerprint density at radius 2 is 0.979 bits per heavy atom. The van der Waals surface area contributed by atoms with Crippen molar-refractivity contribution in [2.75, 3.05) is 0 Å². The Balaban J connectivity index is 1.13. The van der Waals surface area contributed by atoms with Crippen molar-refractivity contribution in [3.05, 3.63) is 182 Å². The summed E-state index contributed by atoms with van der Waals surface area (Å²) in [5.74, 6) is 0. The summed E-state index contributed by atoms with van der Waals surface area (Å²) < 4.78 is 4.76. The first-order valence-corrected chi connectivity index (χ1v) is 16.5. The molecule has 0 amide bonds. The molecule has 0 saturated carbocycles. The van der Waals surface area contributed by atoms with Crippen molar-refractivity contribution in [1.82, 2.24) is 9.13 Å². The molecule has 0 saturated heterocycles. The van der Waals surface area contributed by atoms with Gasteiger partial charge in [-0.25, -0.2) is 0 Å². The summed E-state index contributed by atoms with van der Waals surface area (Å²) in [4.78, 5) is 0. The molecule has 2 heteroatoms. The smallest absolute Gasteiger partial charge is 0.0635 e. The van der Waals surface area contributed by atoms with Crippen LogP contribution < -0.4 is 0 Å². The van der Waals surface area contributed by atoms with Gasteiger partial charge in [0.1, 0.15) is 0 Å². The van der Waals surface area contributed by atoms with Crippen molar-refractivity contribution in [2.24, 2.45) is 0 Å². The zero-order valence-electron chi connectivity index (χ0n) is 26.2. The third kappa shape index (κ3) is 4.13. The molecule has 0 fully saturated rings. The van der Waals surface area contributed by atoms with E-state index in [2.05, 4.69) is 191 Å². The lowest BCUT2D eigenvalue weighted by Gasteiger charge is -2.12. The molecule has 0 bridgehead atoms. The molecule has 0 N–H and O–H groups in total. The lowest BCUT2D eigenvalue weighted by atomic mass is 9.97. The van der Waals surface area contributed by atoms with Crippen LogP contribution in [0.5, 0.6) is 0 Å². The number of benzene rings is 8. The third-order valence-corrected chi connectivity index (χ3v) is 9.94. The summed E-state index contributed by atoms with van der Waals surface area (Å²) >= 11 is 0. The van der Waals surface area contributed by atoms with Crippen molar-refractivity contribution >= 4 is 54.3 Å². The summed E-state index contributed by atoms with van der Waals surface area (Å²) in [6.07, 6.45) is 2.21. The topological polar surface area (TPSA) is 9.86 Å². The van der Waals surface area contributed by atoms with Gasteiger partial charge >= 0.3 is 0 Å². The Morgan fingerprint density at radius 1 is 0.312 bits per heavy atom. The molecule has 0 aliphatic carbocycles. The van der Waals surface area contributed by atoms with Gasteiger partial charge < -0.3 is 9.13 Å². The highest BCUT2D eigenvalue weighted by molar-refractivity contribution is 6.18. The number of nitrogens with zero attached hydrogens (tertiary/aromatic N) is 2. The Bertz CT molecular complexity index is 2820. The highest BCUT2D eigenvalue weighted by atomic mass is 15.0. The molecule has 0 aliphatic heterocycles. The quantitative estimate of drug-likeness (QED) is 0.175. The van der Waals surface area contributed by atoms with Crippen LogP contribution >= 0.6 is 0 Å². The van der Waals surface area contributed by atoms with Crippen LogP contribution in [-0.2, 0) is 0 Å². The molecule has 10 rings (SSSR count). The van der Waals surface area contributed by atoms with Gasteiger partial charge in [-0.1, -0.05) is 127 Å². The number of para-hydroxylation sites is 1. The van der Waals surface area contributed by atoms with Gasteiger partial charge in [-0.3, -0.25) is 0 Å². The van der Waals surface area contributed by atoms with Gasteiger partial charge in [0.15, 0.2) is 0 Å². The average molecular weight is 611 g/mol. The fraction of sp³-hybridized carbons (Fsp3) is 0. The summed E-state index contributed by atoms with van der Waals surface area (Å²) in [5.41, 5.74) is 10.8. The lowest BCUT2D eigenvalue weighted by Crippen LogP contribution is -1.95. The largest absolute Gasteiger partial charge is 0.316 e. The number of aromatic nitrogens is 2. The third-order valence-electron chi connectivity index (χ3n) is 9.94. The zero-order chi connectivity index (χ0) is 31.6. The van der Waals surface area contributed by atoms with Gasteiger partial charge in [-0.15, -0.1) is 0 Å². The molecule has 10 aromatic rings. The van der Waals surface area contributed by atoms with Crippen LogP contribution in [0.3, 0.4) is 0 Å². The van der Waals surface area contributed by atoms with Crippen LogP contribution in [-0.4, -0.2) is 9.13 Å². The van der Waals surface area contributed by atoms with Crippen molar-refractivity contribution in [2.45, 2.75) is 0 Å². The van der Waals surface area contributed by atoms with E-state index in [0.29, 0.717) is 0 Å². The Hall–Kier alpha value is -6.38. The number of hydrogen-bond acceptors (Lipinski definition) is 0. The minimum Gasteiger partial charge on any atom is -0.316 e. The van der Waals surface area contributed by atoms with Crippen molar-refractivity contribution in [1.29, 1.82) is 0 Å². The van der Waals surface area contributed by atoms with E-state index in [4.69, 9.17) is 0 Å². The summed E-state index contributed by atoms with van der Waals surface area (Å²) in [7, 11) is 0. The van der Waals surface area contributed by atoms with Crippen molar-refractivity contribution < 1.29 is 0 Å². The van der Waals surface area contributed by atoms with Crippen LogP contribution in [0.15, 0.2) is 182 Å². The summed E-state index contributed by atoms with van der Waals surface area (Å²) in [5, 5.41) is 8.87. The Labute approximate surface area is 278 Å². The summed E-state index contributed by atoms with van der Waals surface area (Å²) in [6, 6.07) is 64.0. The van der Waals surface area contributed by atoms with E-state index in [1.165, 1.54) is 76.5 Å². The second-order valence-electron chi connectivity index (χ2n) is 12.6. The lowest BCUT2D eigenvalue weighted by molar-refractivity contribution is 1.13. The number of fused-ring (bicyclic) bond motifs is 8. The number of rotatable bonds is 4. The molecule has 0 unspecified atom stereocenters. The molecule has 0 radical (unpaired) electrons. The van der Waals surface area contributed by atoms with E-state index >= 15 is 0 Å². The van der Waals surface area contributed by atoms with Crippen molar-refractivity contribution in [3.8, 4) is 33.6 Å². The maximum atomic E-state index is 2.45. The molecular weight excluding hydrogens is 581 g/mol. The highest BCUT2D eigenvalue weighted by Gasteiger charge is 2.17. The first kappa shape index (κ1) is 26.8. The minimum absolute atomic E-state index is 1.15. The van der Waals surface area contributed by atoms with Crippen LogP contribution in [0.2, 0.25) is 0 Å². The van der Waals surface area contributed by atoms with Gasteiger partial charge in [0, 0.05) is 33.7 Å². The zero-order valence-corrected chi connectivity index (χ0v) is 26.2. The minimum atomic E-state index is 1.15. The van der Waals surface area contributed by atoms with Crippen molar-refractivity contribution in [3.63, 3.8) is 0 Å². The average Bonchev–Trinajstić information content (AvgIpc) is 3.75.